The van der Waals surface area contributed by atoms with Gasteiger partial charge in [0.05, 0.1) is 0 Å². The second-order valence-corrected chi connectivity index (χ2v) is 3.47. The average Bonchev–Trinajstić information content (AvgIpc) is 2.74. The van der Waals surface area contributed by atoms with Crippen LogP contribution in [0.25, 0.3) is 11.3 Å². The van der Waals surface area contributed by atoms with Crippen molar-refractivity contribution in [1.82, 2.24) is 5.16 Å². The Labute approximate surface area is 94.5 Å². The Kier molecular flexibility index (Phi) is 2.63. The minimum absolute atomic E-state index is 0.0735. The molecule has 0 fully saturated rings. The number of carbonyl (C=O) groups is 1. The van der Waals surface area contributed by atoms with Gasteiger partial charge in [0.1, 0.15) is 0 Å². The lowest BCUT2D eigenvalue weighted by Gasteiger charge is -2.00. The van der Waals surface area contributed by atoms with Crippen molar-refractivity contribution < 1.29 is 23.2 Å². The zero-order chi connectivity index (χ0) is 12.6. The van der Waals surface area contributed by atoms with Gasteiger partial charge in [-0.15, -0.1) is 0 Å². The molecule has 1 aromatic heterocycles. The predicted octanol–water partition coefficient (Wildman–Crippen LogP) is 2.63. The van der Waals surface area contributed by atoms with Crippen molar-refractivity contribution in [1.29, 1.82) is 0 Å². The fraction of sp³-hybridized carbons (Fsp3) is 0.0909. The van der Waals surface area contributed by atoms with E-state index < -0.39 is 17.6 Å². The standard InChI is InChI=1S/C11H7F2NO3/c1-5-2-6(3-7(12)10(5)13)9-4-8(11(15)16)14-17-9/h2-4H,1H3,(H,15,16). The van der Waals surface area contributed by atoms with Gasteiger partial charge in [0.2, 0.25) is 0 Å². The lowest BCUT2D eigenvalue weighted by Crippen LogP contribution is -1.94. The minimum atomic E-state index is -1.25. The van der Waals surface area contributed by atoms with E-state index in [1.165, 1.54) is 13.0 Å². The molecule has 0 aliphatic carbocycles. The molecule has 4 nitrogen and oxygen atoms in total. The molecule has 0 aliphatic heterocycles. The van der Waals surface area contributed by atoms with Gasteiger partial charge < -0.3 is 9.63 Å². The quantitative estimate of drug-likeness (QED) is 0.874. The molecule has 88 valence electrons. The highest BCUT2D eigenvalue weighted by atomic mass is 19.2. The Morgan fingerprint density at radius 1 is 1.35 bits per heavy atom. The van der Waals surface area contributed by atoms with Crippen molar-refractivity contribution in [3.63, 3.8) is 0 Å². The van der Waals surface area contributed by atoms with E-state index in [9.17, 15) is 13.6 Å². The highest BCUT2D eigenvalue weighted by molar-refractivity contribution is 5.86. The first-order valence-electron chi connectivity index (χ1n) is 4.65. The Morgan fingerprint density at radius 2 is 2.06 bits per heavy atom. The maximum Gasteiger partial charge on any atom is 0.358 e. The van der Waals surface area contributed by atoms with E-state index in [4.69, 9.17) is 9.63 Å². The average molecular weight is 239 g/mol. The third-order valence-corrected chi connectivity index (χ3v) is 2.22. The van der Waals surface area contributed by atoms with E-state index in [1.807, 2.05) is 0 Å². The molecule has 1 N–H and O–H groups in total. The molecule has 2 aromatic rings. The minimum Gasteiger partial charge on any atom is -0.476 e. The lowest BCUT2D eigenvalue weighted by atomic mass is 10.1. The van der Waals surface area contributed by atoms with Gasteiger partial charge in [0.25, 0.3) is 0 Å². The van der Waals surface area contributed by atoms with Crippen LogP contribution in [0.1, 0.15) is 16.1 Å². The molecule has 1 heterocycles. The summed E-state index contributed by atoms with van der Waals surface area (Å²) in [5, 5.41) is 11.9. The second kappa shape index (κ2) is 3.97. The molecule has 0 atom stereocenters. The molecular formula is C11H7F2NO3. The maximum atomic E-state index is 13.1. The van der Waals surface area contributed by atoms with Gasteiger partial charge in [-0.05, 0) is 24.6 Å². The molecule has 0 saturated carbocycles. The van der Waals surface area contributed by atoms with E-state index in [1.54, 1.807) is 0 Å². The fourth-order valence-electron chi connectivity index (χ4n) is 1.38. The summed E-state index contributed by atoms with van der Waals surface area (Å²) in [6, 6.07) is 3.42. The number of halogens is 2. The van der Waals surface area contributed by atoms with E-state index in [-0.39, 0.29) is 22.6 Å². The summed E-state index contributed by atoms with van der Waals surface area (Å²) in [4.78, 5) is 10.6. The van der Waals surface area contributed by atoms with Gasteiger partial charge in [-0.2, -0.15) is 0 Å². The van der Waals surface area contributed by atoms with Crippen LogP contribution in [0.15, 0.2) is 22.7 Å². The number of hydrogen-bond donors (Lipinski definition) is 1. The normalized spacial score (nSPS) is 10.5. The first-order chi connectivity index (χ1) is 7.99. The Balaban J connectivity index is 2.49. The van der Waals surface area contributed by atoms with Crippen molar-refractivity contribution in [2.45, 2.75) is 6.92 Å². The smallest absolute Gasteiger partial charge is 0.358 e. The number of aryl methyl sites for hydroxylation is 1. The van der Waals surface area contributed by atoms with Gasteiger partial charge in [-0.1, -0.05) is 5.16 Å². The third kappa shape index (κ3) is 2.01. The van der Waals surface area contributed by atoms with E-state index in [2.05, 4.69) is 5.16 Å². The van der Waals surface area contributed by atoms with Gasteiger partial charge in [-0.25, -0.2) is 13.6 Å². The number of carboxylic acids is 1. The van der Waals surface area contributed by atoms with Crippen molar-refractivity contribution in [3.05, 3.63) is 41.1 Å². The van der Waals surface area contributed by atoms with Gasteiger partial charge in [-0.3, -0.25) is 0 Å². The summed E-state index contributed by atoms with van der Waals surface area (Å²) in [7, 11) is 0. The van der Waals surface area contributed by atoms with E-state index in [0.717, 1.165) is 12.1 Å². The van der Waals surface area contributed by atoms with Crippen molar-refractivity contribution >= 4 is 5.97 Å². The number of carboxylic acid groups (broad SMARTS) is 1. The zero-order valence-electron chi connectivity index (χ0n) is 8.70. The number of nitrogens with zero attached hydrogens (tertiary/aromatic N) is 1. The van der Waals surface area contributed by atoms with E-state index in [0.29, 0.717) is 0 Å². The van der Waals surface area contributed by atoms with Crippen LogP contribution in [-0.2, 0) is 0 Å². The number of aromatic carboxylic acids is 1. The summed E-state index contributed by atoms with van der Waals surface area (Å²) in [6.07, 6.45) is 0. The molecule has 0 aliphatic rings. The highest BCUT2D eigenvalue weighted by Crippen LogP contribution is 2.24. The van der Waals surface area contributed by atoms with Gasteiger partial charge >= 0.3 is 5.97 Å². The molecule has 0 bridgehead atoms. The molecule has 1 aromatic carbocycles. The monoisotopic (exact) mass is 239 g/mol. The molecule has 17 heavy (non-hydrogen) atoms. The Hall–Kier alpha value is -2.24. The van der Waals surface area contributed by atoms with Crippen molar-refractivity contribution in [2.24, 2.45) is 0 Å². The van der Waals surface area contributed by atoms with Crippen LogP contribution in [0, 0.1) is 18.6 Å². The summed E-state index contributed by atoms with van der Waals surface area (Å²) < 4.78 is 30.9. The molecule has 2 rings (SSSR count). The van der Waals surface area contributed by atoms with Crippen molar-refractivity contribution in [3.8, 4) is 11.3 Å². The summed E-state index contributed by atoms with van der Waals surface area (Å²) in [5.41, 5.74) is 0.0528. The predicted molar refractivity (Wildman–Crippen MR) is 53.6 cm³/mol. The number of benzene rings is 1. The number of aromatic nitrogens is 1. The summed E-state index contributed by atoms with van der Waals surface area (Å²) in [5.74, 6) is -3.14. The molecule has 0 spiro atoms. The molecule has 0 unspecified atom stereocenters. The van der Waals surface area contributed by atoms with Crippen LogP contribution in [0.3, 0.4) is 0 Å². The van der Waals surface area contributed by atoms with Crippen LogP contribution in [0.5, 0.6) is 0 Å². The van der Waals surface area contributed by atoms with Crippen molar-refractivity contribution in [2.75, 3.05) is 0 Å². The summed E-state index contributed by atoms with van der Waals surface area (Å²) >= 11 is 0. The Morgan fingerprint density at radius 3 is 2.59 bits per heavy atom. The van der Waals surface area contributed by atoms with E-state index >= 15 is 0 Å². The fourth-order valence-corrected chi connectivity index (χ4v) is 1.38. The lowest BCUT2D eigenvalue weighted by molar-refractivity contribution is 0.0686. The largest absolute Gasteiger partial charge is 0.476 e. The van der Waals surface area contributed by atoms with Gasteiger partial charge in [0.15, 0.2) is 23.1 Å². The highest BCUT2D eigenvalue weighted by Gasteiger charge is 2.15. The van der Waals surface area contributed by atoms with Crippen LogP contribution in [-0.4, -0.2) is 16.2 Å². The van der Waals surface area contributed by atoms with Crippen LogP contribution < -0.4 is 0 Å². The SMILES string of the molecule is Cc1cc(-c2cc(C(=O)O)no2)cc(F)c1F. The summed E-state index contributed by atoms with van der Waals surface area (Å²) in [6.45, 7) is 1.40. The second-order valence-electron chi connectivity index (χ2n) is 3.47. The number of hydrogen-bond acceptors (Lipinski definition) is 3. The molecular weight excluding hydrogens is 232 g/mol. The van der Waals surface area contributed by atoms with Crippen LogP contribution >= 0.6 is 0 Å². The molecule has 0 saturated heterocycles. The third-order valence-electron chi connectivity index (χ3n) is 2.22. The molecule has 0 radical (unpaired) electrons. The topological polar surface area (TPSA) is 63.3 Å². The first kappa shape index (κ1) is 11.3. The van der Waals surface area contributed by atoms with Crippen LogP contribution in [0.4, 0.5) is 8.78 Å². The molecule has 6 heteroatoms. The van der Waals surface area contributed by atoms with Gasteiger partial charge in [0, 0.05) is 11.6 Å². The first-order valence-corrected chi connectivity index (χ1v) is 4.65. The molecule has 0 amide bonds. The maximum absolute atomic E-state index is 13.1. The van der Waals surface area contributed by atoms with Crippen LogP contribution in [0.2, 0.25) is 0 Å². The number of rotatable bonds is 2. The zero-order valence-corrected chi connectivity index (χ0v) is 8.70. The Bertz CT molecular complexity index is 569.